The molecule has 1 nitrogen and oxygen atoms in total. The number of carbonyl (C=O) groups excluding carboxylic acids is 1. The first-order chi connectivity index (χ1) is 9.66. The van der Waals surface area contributed by atoms with Crippen LogP contribution in [0.2, 0.25) is 5.02 Å². The maximum absolute atomic E-state index is 13.8. The lowest BCUT2D eigenvalue weighted by atomic mass is 9.97. The molecule has 0 heterocycles. The average molecular weight is 285 g/mol. The summed E-state index contributed by atoms with van der Waals surface area (Å²) in [4.78, 5) is 12.5. The van der Waals surface area contributed by atoms with E-state index in [1.54, 1.807) is 48.5 Å². The smallest absolute Gasteiger partial charge is 0.193 e. The van der Waals surface area contributed by atoms with Gasteiger partial charge in [-0.1, -0.05) is 35.9 Å². The number of carbonyl (C=O) groups is 1. The minimum atomic E-state index is -0.326. The van der Waals surface area contributed by atoms with Gasteiger partial charge in [-0.3, -0.25) is 4.79 Å². The summed E-state index contributed by atoms with van der Waals surface area (Å²) >= 11 is 5.82. The molecule has 0 fully saturated rings. The molecule has 0 unspecified atom stereocenters. The van der Waals surface area contributed by atoms with Gasteiger partial charge in [0.25, 0.3) is 0 Å². The van der Waals surface area contributed by atoms with Crippen LogP contribution in [0.4, 0.5) is 4.39 Å². The number of halogens is 2. The molecule has 0 bridgehead atoms. The maximum Gasteiger partial charge on any atom is 0.193 e. The van der Waals surface area contributed by atoms with Crippen molar-refractivity contribution in [2.45, 2.75) is 0 Å². The van der Waals surface area contributed by atoms with Gasteiger partial charge in [-0.25, -0.2) is 4.39 Å². The van der Waals surface area contributed by atoms with Crippen molar-refractivity contribution in [3.05, 3.63) is 82.6 Å². The molecule has 3 heteroatoms. The first-order valence-electron chi connectivity index (χ1n) is 6.14. The fourth-order valence-electron chi connectivity index (χ4n) is 2.22. The summed E-state index contributed by atoms with van der Waals surface area (Å²) in [7, 11) is 0. The Hall–Kier alpha value is -2.19. The van der Waals surface area contributed by atoms with E-state index in [-0.39, 0.29) is 11.6 Å². The molecule has 0 N–H and O–H groups in total. The number of benzene rings is 3. The predicted molar refractivity (Wildman–Crippen MR) is 78.8 cm³/mol. The summed E-state index contributed by atoms with van der Waals surface area (Å²) in [5.74, 6) is -0.467. The van der Waals surface area contributed by atoms with Crippen LogP contribution < -0.4 is 0 Å². The Morgan fingerprint density at radius 1 is 0.850 bits per heavy atom. The van der Waals surface area contributed by atoms with Crippen LogP contribution in [0.15, 0.2) is 60.7 Å². The van der Waals surface area contributed by atoms with E-state index in [1.165, 1.54) is 12.1 Å². The van der Waals surface area contributed by atoms with Gasteiger partial charge >= 0.3 is 0 Å². The lowest BCUT2D eigenvalue weighted by Gasteiger charge is -2.07. The SMILES string of the molecule is O=C(c1ccc(Cl)cc1)c1ccc(F)c2ccccc12. The minimum absolute atomic E-state index is 0.141. The zero-order chi connectivity index (χ0) is 14.1. The Kier molecular flexibility index (Phi) is 3.25. The molecule has 0 saturated heterocycles. The number of hydrogen-bond donors (Lipinski definition) is 0. The third-order valence-corrected chi connectivity index (χ3v) is 3.47. The van der Waals surface area contributed by atoms with Crippen LogP contribution in [0, 0.1) is 5.82 Å². The highest BCUT2D eigenvalue weighted by Crippen LogP contribution is 2.24. The molecule has 0 aromatic heterocycles. The Bertz CT molecular complexity index is 794. The highest BCUT2D eigenvalue weighted by atomic mass is 35.5. The van der Waals surface area contributed by atoms with Crippen molar-refractivity contribution in [3.63, 3.8) is 0 Å². The third kappa shape index (κ3) is 2.19. The molecular formula is C17H10ClFO. The van der Waals surface area contributed by atoms with Crippen molar-refractivity contribution >= 4 is 28.2 Å². The molecule has 0 aliphatic rings. The Morgan fingerprint density at radius 3 is 2.20 bits per heavy atom. The van der Waals surface area contributed by atoms with Gasteiger partial charge in [-0.15, -0.1) is 0 Å². The fraction of sp³-hybridized carbons (Fsp3) is 0. The van der Waals surface area contributed by atoms with Crippen molar-refractivity contribution in [1.29, 1.82) is 0 Å². The van der Waals surface area contributed by atoms with Crippen LogP contribution in [0.5, 0.6) is 0 Å². The predicted octanol–water partition coefficient (Wildman–Crippen LogP) is 4.86. The second kappa shape index (κ2) is 5.06. The molecule has 98 valence electrons. The second-order valence-corrected chi connectivity index (χ2v) is 4.91. The molecule has 0 aliphatic carbocycles. The van der Waals surface area contributed by atoms with Gasteiger partial charge in [0, 0.05) is 21.5 Å². The van der Waals surface area contributed by atoms with Crippen LogP contribution in [0.3, 0.4) is 0 Å². The van der Waals surface area contributed by atoms with Crippen molar-refractivity contribution in [2.24, 2.45) is 0 Å². The Balaban J connectivity index is 2.17. The first-order valence-corrected chi connectivity index (χ1v) is 6.52. The van der Waals surface area contributed by atoms with Crippen molar-refractivity contribution in [1.82, 2.24) is 0 Å². The van der Waals surface area contributed by atoms with E-state index in [0.717, 1.165) is 0 Å². The lowest BCUT2D eigenvalue weighted by molar-refractivity contribution is 0.104. The number of fused-ring (bicyclic) bond motifs is 1. The van der Waals surface area contributed by atoms with Crippen LogP contribution in [-0.4, -0.2) is 5.78 Å². The van der Waals surface area contributed by atoms with Crippen LogP contribution in [0.25, 0.3) is 10.8 Å². The molecule has 3 aromatic carbocycles. The summed E-state index contributed by atoms with van der Waals surface area (Å²) in [5, 5.41) is 1.64. The van der Waals surface area contributed by atoms with E-state index in [2.05, 4.69) is 0 Å². The Morgan fingerprint density at radius 2 is 1.50 bits per heavy atom. The van der Waals surface area contributed by atoms with E-state index in [9.17, 15) is 9.18 Å². The standard InChI is InChI=1S/C17H10ClFO/c18-12-7-5-11(6-8-12)17(20)15-9-10-16(19)14-4-2-1-3-13(14)15/h1-10H. The largest absolute Gasteiger partial charge is 0.289 e. The molecule has 0 spiro atoms. The van der Waals surface area contributed by atoms with Crippen molar-refractivity contribution in [3.8, 4) is 0 Å². The third-order valence-electron chi connectivity index (χ3n) is 3.22. The lowest BCUT2D eigenvalue weighted by Crippen LogP contribution is -2.02. The number of rotatable bonds is 2. The zero-order valence-electron chi connectivity index (χ0n) is 10.4. The number of hydrogen-bond acceptors (Lipinski definition) is 1. The summed E-state index contributed by atoms with van der Waals surface area (Å²) in [6.07, 6.45) is 0. The van der Waals surface area contributed by atoms with Crippen molar-refractivity contribution in [2.75, 3.05) is 0 Å². The summed E-state index contributed by atoms with van der Waals surface area (Å²) in [5.41, 5.74) is 1.02. The molecule has 0 atom stereocenters. The molecule has 0 amide bonds. The maximum atomic E-state index is 13.8. The molecule has 3 rings (SSSR count). The summed E-state index contributed by atoms with van der Waals surface area (Å²) in [6.45, 7) is 0. The molecule has 0 aliphatic heterocycles. The van der Waals surface area contributed by atoms with E-state index < -0.39 is 0 Å². The normalized spacial score (nSPS) is 10.7. The zero-order valence-corrected chi connectivity index (χ0v) is 11.2. The van der Waals surface area contributed by atoms with Gasteiger partial charge in [0.15, 0.2) is 5.78 Å². The molecule has 0 saturated carbocycles. The number of ketones is 1. The van der Waals surface area contributed by atoms with E-state index in [4.69, 9.17) is 11.6 Å². The Labute approximate surface area is 120 Å². The molecular weight excluding hydrogens is 275 g/mol. The minimum Gasteiger partial charge on any atom is -0.289 e. The van der Waals surface area contributed by atoms with E-state index >= 15 is 0 Å². The van der Waals surface area contributed by atoms with Gasteiger partial charge in [0.1, 0.15) is 5.82 Å². The first kappa shape index (κ1) is 12.8. The van der Waals surface area contributed by atoms with Crippen LogP contribution in [-0.2, 0) is 0 Å². The summed E-state index contributed by atoms with van der Waals surface area (Å²) in [6, 6.07) is 16.5. The molecule has 20 heavy (non-hydrogen) atoms. The quantitative estimate of drug-likeness (QED) is 0.614. The van der Waals surface area contributed by atoms with Gasteiger partial charge in [0.2, 0.25) is 0 Å². The second-order valence-electron chi connectivity index (χ2n) is 4.48. The average Bonchev–Trinajstić information content (AvgIpc) is 2.48. The van der Waals surface area contributed by atoms with Crippen molar-refractivity contribution < 1.29 is 9.18 Å². The highest BCUT2D eigenvalue weighted by Gasteiger charge is 2.14. The van der Waals surface area contributed by atoms with Gasteiger partial charge in [-0.05, 0) is 41.8 Å². The highest BCUT2D eigenvalue weighted by molar-refractivity contribution is 6.30. The van der Waals surface area contributed by atoms with E-state index in [0.29, 0.717) is 26.9 Å². The van der Waals surface area contributed by atoms with Gasteiger partial charge < -0.3 is 0 Å². The molecule has 3 aromatic rings. The fourth-order valence-corrected chi connectivity index (χ4v) is 2.34. The monoisotopic (exact) mass is 284 g/mol. The van der Waals surface area contributed by atoms with Gasteiger partial charge in [-0.2, -0.15) is 0 Å². The van der Waals surface area contributed by atoms with Crippen LogP contribution >= 0.6 is 11.6 Å². The summed E-state index contributed by atoms with van der Waals surface area (Å²) < 4.78 is 13.8. The van der Waals surface area contributed by atoms with Crippen LogP contribution in [0.1, 0.15) is 15.9 Å². The van der Waals surface area contributed by atoms with E-state index in [1.807, 2.05) is 0 Å². The topological polar surface area (TPSA) is 17.1 Å². The molecule has 0 radical (unpaired) electrons. The van der Waals surface area contributed by atoms with Gasteiger partial charge in [0.05, 0.1) is 0 Å².